The fourth-order valence-electron chi connectivity index (χ4n) is 3.43. The molecule has 0 saturated carbocycles. The fraction of sp³-hybridized carbons (Fsp3) is 0.429. The summed E-state index contributed by atoms with van der Waals surface area (Å²) in [7, 11) is 1.86. The van der Waals surface area contributed by atoms with Gasteiger partial charge in [-0.1, -0.05) is 18.2 Å². The zero-order chi connectivity index (χ0) is 18.4. The van der Waals surface area contributed by atoms with Crippen molar-refractivity contribution < 1.29 is 0 Å². The molecule has 0 spiro atoms. The second-order valence-corrected chi connectivity index (χ2v) is 6.78. The summed E-state index contributed by atoms with van der Waals surface area (Å²) < 4.78 is 0. The number of hydrogen-bond donors (Lipinski definition) is 1. The molecule has 1 aromatic carbocycles. The maximum Gasteiger partial charge on any atom is 0.193 e. The van der Waals surface area contributed by atoms with Crippen LogP contribution in [0.5, 0.6) is 0 Å². The van der Waals surface area contributed by atoms with Crippen LogP contribution < -0.4 is 10.2 Å². The highest BCUT2D eigenvalue weighted by atomic mass is 15.3. The van der Waals surface area contributed by atoms with Gasteiger partial charge in [0.25, 0.3) is 0 Å². The maximum atomic E-state index is 4.47. The van der Waals surface area contributed by atoms with Gasteiger partial charge >= 0.3 is 0 Å². The zero-order valence-corrected chi connectivity index (χ0v) is 16.1. The van der Waals surface area contributed by atoms with Crippen LogP contribution in [0.25, 0.3) is 0 Å². The Morgan fingerprint density at radius 3 is 2.62 bits per heavy atom. The lowest BCUT2D eigenvalue weighted by Gasteiger charge is -2.38. The SMILES string of the molecule is CN=C(NCCc1cccnc1)N1CCN(c2cccc(C)c2C)CC1. The number of nitrogens with one attached hydrogen (secondary N) is 1. The van der Waals surface area contributed by atoms with Gasteiger partial charge in [0, 0.05) is 57.9 Å². The Morgan fingerprint density at radius 2 is 1.92 bits per heavy atom. The number of pyridine rings is 1. The van der Waals surface area contributed by atoms with E-state index in [0.29, 0.717) is 0 Å². The molecular formula is C21H29N5. The lowest BCUT2D eigenvalue weighted by atomic mass is 10.1. The average Bonchev–Trinajstić information content (AvgIpc) is 2.69. The molecule has 0 radical (unpaired) electrons. The molecule has 0 atom stereocenters. The number of hydrogen-bond acceptors (Lipinski definition) is 3. The Labute approximate surface area is 156 Å². The molecule has 2 aromatic rings. The summed E-state index contributed by atoms with van der Waals surface area (Å²) in [5.74, 6) is 0.995. The van der Waals surface area contributed by atoms with Crippen LogP contribution in [0.4, 0.5) is 5.69 Å². The van der Waals surface area contributed by atoms with Crippen molar-refractivity contribution in [1.29, 1.82) is 0 Å². The van der Waals surface area contributed by atoms with E-state index in [1.807, 2.05) is 25.5 Å². The van der Waals surface area contributed by atoms with Gasteiger partial charge in [0.2, 0.25) is 0 Å². The van der Waals surface area contributed by atoms with Crippen molar-refractivity contribution in [3.05, 3.63) is 59.4 Å². The number of nitrogens with zero attached hydrogens (tertiary/aromatic N) is 4. The number of anilines is 1. The first-order valence-corrected chi connectivity index (χ1v) is 9.34. The predicted octanol–water partition coefficient (Wildman–Crippen LogP) is 2.64. The molecule has 0 amide bonds. The normalized spacial score (nSPS) is 15.3. The number of guanidine groups is 1. The molecule has 26 heavy (non-hydrogen) atoms. The van der Waals surface area contributed by atoms with Gasteiger partial charge < -0.3 is 15.1 Å². The highest BCUT2D eigenvalue weighted by molar-refractivity contribution is 5.80. The predicted molar refractivity (Wildman–Crippen MR) is 109 cm³/mol. The van der Waals surface area contributed by atoms with E-state index in [4.69, 9.17) is 0 Å². The lowest BCUT2D eigenvalue weighted by molar-refractivity contribution is 0.372. The molecule has 1 N–H and O–H groups in total. The number of benzene rings is 1. The summed E-state index contributed by atoms with van der Waals surface area (Å²) in [6, 6.07) is 10.7. The van der Waals surface area contributed by atoms with Crippen LogP contribution in [0.15, 0.2) is 47.7 Å². The molecule has 2 heterocycles. The summed E-state index contributed by atoms with van der Waals surface area (Å²) in [5.41, 5.74) is 5.36. The van der Waals surface area contributed by atoms with E-state index in [2.05, 4.69) is 63.2 Å². The van der Waals surface area contributed by atoms with Crippen molar-refractivity contribution >= 4 is 11.6 Å². The van der Waals surface area contributed by atoms with Crippen molar-refractivity contribution in [2.45, 2.75) is 20.3 Å². The van der Waals surface area contributed by atoms with Crippen LogP contribution in [0.3, 0.4) is 0 Å². The van der Waals surface area contributed by atoms with Gasteiger partial charge in [0.1, 0.15) is 0 Å². The zero-order valence-electron chi connectivity index (χ0n) is 16.1. The summed E-state index contributed by atoms with van der Waals surface area (Å²) in [6.45, 7) is 9.29. The Balaban J connectivity index is 1.52. The van der Waals surface area contributed by atoms with E-state index in [1.165, 1.54) is 22.4 Å². The monoisotopic (exact) mass is 351 g/mol. The molecule has 5 heteroatoms. The van der Waals surface area contributed by atoms with Gasteiger partial charge in [0.15, 0.2) is 5.96 Å². The van der Waals surface area contributed by atoms with Gasteiger partial charge in [-0.15, -0.1) is 0 Å². The summed E-state index contributed by atoms with van der Waals surface area (Å²) >= 11 is 0. The van der Waals surface area contributed by atoms with Crippen molar-refractivity contribution in [3.63, 3.8) is 0 Å². The minimum Gasteiger partial charge on any atom is -0.368 e. The van der Waals surface area contributed by atoms with E-state index in [9.17, 15) is 0 Å². The summed E-state index contributed by atoms with van der Waals surface area (Å²) in [4.78, 5) is 13.5. The molecule has 138 valence electrons. The van der Waals surface area contributed by atoms with E-state index >= 15 is 0 Å². The molecule has 1 saturated heterocycles. The molecule has 1 aliphatic heterocycles. The van der Waals surface area contributed by atoms with Gasteiger partial charge in [0.05, 0.1) is 0 Å². The first-order chi connectivity index (χ1) is 12.7. The maximum absolute atomic E-state index is 4.47. The minimum absolute atomic E-state index is 0.871. The average molecular weight is 351 g/mol. The van der Waals surface area contributed by atoms with E-state index in [-0.39, 0.29) is 0 Å². The number of aromatic nitrogens is 1. The topological polar surface area (TPSA) is 43.8 Å². The van der Waals surface area contributed by atoms with Crippen LogP contribution in [0.1, 0.15) is 16.7 Å². The van der Waals surface area contributed by atoms with E-state index in [0.717, 1.165) is 45.1 Å². The Bertz CT molecular complexity index is 733. The lowest BCUT2D eigenvalue weighted by Crippen LogP contribution is -2.53. The Morgan fingerprint density at radius 1 is 1.12 bits per heavy atom. The number of piperazine rings is 1. The third kappa shape index (κ3) is 4.34. The van der Waals surface area contributed by atoms with Gasteiger partial charge in [-0.2, -0.15) is 0 Å². The van der Waals surface area contributed by atoms with Gasteiger partial charge in [-0.3, -0.25) is 9.98 Å². The van der Waals surface area contributed by atoms with Crippen molar-refractivity contribution in [2.24, 2.45) is 4.99 Å². The quantitative estimate of drug-likeness (QED) is 0.679. The van der Waals surface area contributed by atoms with Crippen LogP contribution >= 0.6 is 0 Å². The standard InChI is InChI=1S/C21H29N5/c1-17-6-4-8-20(18(17)2)25-12-14-26(15-13-25)21(22-3)24-11-9-19-7-5-10-23-16-19/h4-8,10,16H,9,11-15H2,1-3H3,(H,22,24). The molecule has 1 fully saturated rings. The molecule has 0 aliphatic carbocycles. The van der Waals surface area contributed by atoms with E-state index < -0.39 is 0 Å². The third-order valence-corrected chi connectivity index (χ3v) is 5.13. The van der Waals surface area contributed by atoms with Crippen molar-refractivity contribution in [1.82, 2.24) is 15.2 Å². The Kier molecular flexibility index (Phi) is 6.10. The molecule has 5 nitrogen and oxygen atoms in total. The van der Waals surface area contributed by atoms with Gasteiger partial charge in [-0.25, -0.2) is 0 Å². The second kappa shape index (κ2) is 8.70. The van der Waals surface area contributed by atoms with Crippen molar-refractivity contribution in [2.75, 3.05) is 44.7 Å². The van der Waals surface area contributed by atoms with Crippen LogP contribution in [0, 0.1) is 13.8 Å². The molecule has 0 bridgehead atoms. The second-order valence-electron chi connectivity index (χ2n) is 6.78. The van der Waals surface area contributed by atoms with Gasteiger partial charge in [-0.05, 0) is 49.1 Å². The number of rotatable bonds is 4. The van der Waals surface area contributed by atoms with Crippen molar-refractivity contribution in [3.8, 4) is 0 Å². The first-order valence-electron chi connectivity index (χ1n) is 9.34. The highest BCUT2D eigenvalue weighted by Crippen LogP contribution is 2.23. The summed E-state index contributed by atoms with van der Waals surface area (Å²) in [6.07, 6.45) is 4.69. The summed E-state index contributed by atoms with van der Waals surface area (Å²) in [5, 5.41) is 3.49. The molecule has 1 aromatic heterocycles. The third-order valence-electron chi connectivity index (χ3n) is 5.13. The minimum atomic E-state index is 0.871. The van der Waals surface area contributed by atoms with Crippen LogP contribution in [-0.2, 0) is 6.42 Å². The smallest absolute Gasteiger partial charge is 0.193 e. The fourth-order valence-corrected chi connectivity index (χ4v) is 3.43. The first kappa shape index (κ1) is 18.2. The largest absolute Gasteiger partial charge is 0.368 e. The van der Waals surface area contributed by atoms with E-state index in [1.54, 1.807) is 0 Å². The van der Waals surface area contributed by atoms with Crippen LogP contribution in [0.2, 0.25) is 0 Å². The highest BCUT2D eigenvalue weighted by Gasteiger charge is 2.20. The molecular weight excluding hydrogens is 322 g/mol. The number of aliphatic imine (C=N–C) groups is 1. The van der Waals surface area contributed by atoms with Crippen LogP contribution in [-0.4, -0.2) is 55.6 Å². The Hall–Kier alpha value is -2.56. The molecule has 1 aliphatic rings. The number of aryl methyl sites for hydroxylation is 1. The molecule has 3 rings (SSSR count). The molecule has 0 unspecified atom stereocenters.